The third-order valence-corrected chi connectivity index (χ3v) is 8.24. The zero-order chi connectivity index (χ0) is 17.0. The monoisotopic (exact) mass is 342 g/mol. The Morgan fingerprint density at radius 1 is 1.17 bits per heavy atom. The molecule has 3 fully saturated rings. The second kappa shape index (κ2) is 5.46. The topological polar surface area (TPSA) is 74.8 Å². The van der Waals surface area contributed by atoms with Crippen molar-refractivity contribution >= 4 is 21.8 Å². The summed E-state index contributed by atoms with van der Waals surface area (Å²) in [4.78, 5) is 28.4. The SMILES string of the molecule is CC(C)(CCN1C(=O)C2CC3CCCCC3N2C1=O)S(C)(=O)=O. The van der Waals surface area contributed by atoms with Gasteiger partial charge in [0, 0.05) is 18.8 Å². The zero-order valence-corrected chi connectivity index (χ0v) is 14.9. The van der Waals surface area contributed by atoms with Gasteiger partial charge in [-0.15, -0.1) is 0 Å². The largest absolute Gasteiger partial charge is 0.327 e. The summed E-state index contributed by atoms with van der Waals surface area (Å²) >= 11 is 0. The minimum Gasteiger partial charge on any atom is -0.309 e. The second-order valence-corrected chi connectivity index (χ2v) is 10.5. The van der Waals surface area contributed by atoms with Crippen LogP contribution in [0.3, 0.4) is 0 Å². The Morgan fingerprint density at radius 3 is 2.48 bits per heavy atom. The quantitative estimate of drug-likeness (QED) is 0.730. The molecule has 2 aliphatic heterocycles. The van der Waals surface area contributed by atoms with Crippen molar-refractivity contribution in [2.75, 3.05) is 12.8 Å². The van der Waals surface area contributed by atoms with E-state index in [9.17, 15) is 18.0 Å². The molecule has 3 atom stereocenters. The summed E-state index contributed by atoms with van der Waals surface area (Å²) in [6, 6.07) is -0.311. The van der Waals surface area contributed by atoms with E-state index in [0.29, 0.717) is 5.92 Å². The standard InChI is InChI=1S/C16H26N2O4S/c1-16(2,23(3,21)22)8-9-17-14(19)13-10-11-6-4-5-7-12(11)18(13)15(17)20/h11-13H,4-10H2,1-3H3. The van der Waals surface area contributed by atoms with Gasteiger partial charge in [-0.25, -0.2) is 13.2 Å². The molecule has 0 spiro atoms. The molecule has 0 radical (unpaired) electrons. The van der Waals surface area contributed by atoms with Gasteiger partial charge in [-0.1, -0.05) is 12.8 Å². The van der Waals surface area contributed by atoms with E-state index < -0.39 is 14.6 Å². The summed E-state index contributed by atoms with van der Waals surface area (Å²) in [6.45, 7) is 3.47. The van der Waals surface area contributed by atoms with Gasteiger partial charge in [0.15, 0.2) is 9.84 Å². The van der Waals surface area contributed by atoms with Gasteiger partial charge in [0.1, 0.15) is 6.04 Å². The molecule has 3 aliphatic rings. The number of imide groups is 1. The molecule has 3 amide bonds. The Balaban J connectivity index is 1.72. The summed E-state index contributed by atoms with van der Waals surface area (Å²) in [5.74, 6) is 0.338. The van der Waals surface area contributed by atoms with Crippen LogP contribution in [0.4, 0.5) is 4.79 Å². The molecule has 6 nitrogen and oxygen atoms in total. The maximum absolute atomic E-state index is 12.7. The van der Waals surface area contributed by atoms with Crippen LogP contribution >= 0.6 is 0 Å². The number of nitrogens with zero attached hydrogens (tertiary/aromatic N) is 2. The molecule has 130 valence electrons. The summed E-state index contributed by atoms with van der Waals surface area (Å²) in [5.41, 5.74) is 0. The summed E-state index contributed by atoms with van der Waals surface area (Å²) < 4.78 is 22.7. The summed E-state index contributed by atoms with van der Waals surface area (Å²) in [6.07, 6.45) is 6.66. The van der Waals surface area contributed by atoms with E-state index in [0.717, 1.165) is 25.7 Å². The van der Waals surface area contributed by atoms with Crippen molar-refractivity contribution in [3.63, 3.8) is 0 Å². The van der Waals surface area contributed by atoms with Gasteiger partial charge in [-0.2, -0.15) is 0 Å². The van der Waals surface area contributed by atoms with Gasteiger partial charge >= 0.3 is 6.03 Å². The first-order valence-electron chi connectivity index (χ1n) is 8.47. The van der Waals surface area contributed by atoms with Crippen LogP contribution in [0.5, 0.6) is 0 Å². The number of carbonyl (C=O) groups excluding carboxylic acids is 2. The third kappa shape index (κ3) is 2.66. The molecule has 0 bridgehead atoms. The van der Waals surface area contributed by atoms with Gasteiger partial charge in [0.05, 0.1) is 4.75 Å². The van der Waals surface area contributed by atoms with Crippen molar-refractivity contribution in [2.45, 2.75) is 69.2 Å². The maximum atomic E-state index is 12.7. The van der Waals surface area contributed by atoms with Gasteiger partial charge in [-0.3, -0.25) is 9.69 Å². The molecule has 1 aliphatic carbocycles. The highest BCUT2D eigenvalue weighted by Crippen LogP contribution is 2.43. The molecule has 0 aromatic carbocycles. The normalized spacial score (nSPS) is 31.5. The summed E-state index contributed by atoms with van der Waals surface area (Å²) in [5, 5.41) is 0. The summed E-state index contributed by atoms with van der Waals surface area (Å²) in [7, 11) is -3.23. The molecule has 3 unspecified atom stereocenters. The van der Waals surface area contributed by atoms with E-state index in [1.54, 1.807) is 18.7 Å². The van der Waals surface area contributed by atoms with Crippen LogP contribution in [0.25, 0.3) is 0 Å². The highest BCUT2D eigenvalue weighted by Gasteiger charge is 2.55. The Hall–Kier alpha value is -1.11. The van der Waals surface area contributed by atoms with Crippen molar-refractivity contribution in [2.24, 2.45) is 5.92 Å². The lowest BCUT2D eigenvalue weighted by molar-refractivity contribution is -0.128. The van der Waals surface area contributed by atoms with Crippen molar-refractivity contribution in [3.05, 3.63) is 0 Å². The smallest absolute Gasteiger partial charge is 0.309 e. The average Bonchev–Trinajstić information content (AvgIpc) is 2.94. The number of sulfone groups is 1. The molecule has 0 aromatic rings. The number of fused-ring (bicyclic) bond motifs is 3. The first kappa shape index (κ1) is 16.7. The van der Waals surface area contributed by atoms with E-state index in [1.165, 1.54) is 17.6 Å². The Bertz CT molecular complexity index is 628. The minimum atomic E-state index is -3.23. The van der Waals surface area contributed by atoms with Gasteiger partial charge in [-0.05, 0) is 45.4 Å². The van der Waals surface area contributed by atoms with E-state index in [1.807, 2.05) is 0 Å². The molecule has 0 aromatic heterocycles. The molecule has 3 rings (SSSR count). The van der Waals surface area contributed by atoms with Gasteiger partial charge in [0.25, 0.3) is 5.91 Å². The highest BCUT2D eigenvalue weighted by atomic mass is 32.2. The van der Waals surface area contributed by atoms with E-state index in [-0.39, 0.29) is 37.0 Å². The first-order valence-corrected chi connectivity index (χ1v) is 10.4. The van der Waals surface area contributed by atoms with Crippen LogP contribution in [0.2, 0.25) is 0 Å². The van der Waals surface area contributed by atoms with Crippen LogP contribution in [0.1, 0.15) is 52.4 Å². The average molecular weight is 342 g/mol. The molecule has 7 heteroatoms. The zero-order valence-electron chi connectivity index (χ0n) is 14.1. The highest BCUT2D eigenvalue weighted by molar-refractivity contribution is 7.92. The number of rotatable bonds is 4. The van der Waals surface area contributed by atoms with Gasteiger partial charge < -0.3 is 4.90 Å². The van der Waals surface area contributed by atoms with Crippen LogP contribution < -0.4 is 0 Å². The van der Waals surface area contributed by atoms with Crippen LogP contribution in [-0.4, -0.2) is 59.8 Å². The minimum absolute atomic E-state index is 0.131. The van der Waals surface area contributed by atoms with Crippen molar-refractivity contribution in [1.82, 2.24) is 9.80 Å². The molecule has 0 N–H and O–H groups in total. The fourth-order valence-corrected chi connectivity index (χ4v) is 4.60. The van der Waals surface area contributed by atoms with Crippen LogP contribution in [-0.2, 0) is 14.6 Å². The number of amides is 3. The number of carbonyl (C=O) groups is 2. The predicted molar refractivity (Wildman–Crippen MR) is 86.6 cm³/mol. The maximum Gasteiger partial charge on any atom is 0.327 e. The van der Waals surface area contributed by atoms with Crippen LogP contribution in [0, 0.1) is 5.92 Å². The lowest BCUT2D eigenvalue weighted by Gasteiger charge is -2.31. The second-order valence-electron chi connectivity index (χ2n) is 7.82. The lowest BCUT2D eigenvalue weighted by atomic mass is 9.84. The first-order chi connectivity index (χ1) is 10.6. The molecule has 23 heavy (non-hydrogen) atoms. The molecule has 2 saturated heterocycles. The van der Waals surface area contributed by atoms with E-state index in [4.69, 9.17) is 0 Å². The number of urea groups is 1. The molecular formula is C16H26N2O4S. The Kier molecular flexibility index (Phi) is 3.98. The fraction of sp³-hybridized carbons (Fsp3) is 0.875. The predicted octanol–water partition coefficient (Wildman–Crippen LogP) is 1.80. The van der Waals surface area contributed by atoms with Gasteiger partial charge in [0.2, 0.25) is 0 Å². The number of hydrogen-bond donors (Lipinski definition) is 0. The van der Waals surface area contributed by atoms with E-state index in [2.05, 4.69) is 0 Å². The third-order valence-electron chi connectivity index (χ3n) is 6.03. The lowest BCUT2D eigenvalue weighted by Crippen LogP contribution is -2.43. The Labute approximate surface area is 138 Å². The Morgan fingerprint density at radius 2 is 1.83 bits per heavy atom. The van der Waals surface area contributed by atoms with Crippen molar-refractivity contribution in [1.29, 1.82) is 0 Å². The van der Waals surface area contributed by atoms with Crippen molar-refractivity contribution < 1.29 is 18.0 Å². The molecule has 1 saturated carbocycles. The number of hydrogen-bond acceptors (Lipinski definition) is 4. The van der Waals surface area contributed by atoms with Crippen molar-refractivity contribution in [3.8, 4) is 0 Å². The fourth-order valence-electron chi connectivity index (χ4n) is 4.14. The molecular weight excluding hydrogens is 316 g/mol. The van der Waals surface area contributed by atoms with E-state index >= 15 is 0 Å². The van der Waals surface area contributed by atoms with Crippen LogP contribution in [0.15, 0.2) is 0 Å². The molecule has 2 heterocycles.